The molecule has 2 saturated heterocycles. The van der Waals surface area contributed by atoms with E-state index in [2.05, 4.69) is 11.8 Å². The second-order valence-electron chi connectivity index (χ2n) is 21.4. The largest absolute Gasteiger partial charge is 0.453 e. The molecule has 468 valence electrons. The summed E-state index contributed by atoms with van der Waals surface area (Å²) in [5.41, 5.74) is -8.55. The van der Waals surface area contributed by atoms with Gasteiger partial charge in [0.05, 0.1) is 41.8 Å². The average molecular weight is 1250 g/mol. The van der Waals surface area contributed by atoms with Gasteiger partial charge in [-0.2, -0.15) is 52.7 Å². The molecule has 0 spiro atoms. The van der Waals surface area contributed by atoms with E-state index in [-0.39, 0.29) is 56.0 Å². The zero-order valence-corrected chi connectivity index (χ0v) is 48.8. The van der Waals surface area contributed by atoms with Gasteiger partial charge in [0.1, 0.15) is 23.4 Å². The first kappa shape index (κ1) is 73.4. The van der Waals surface area contributed by atoms with Gasteiger partial charge in [0.15, 0.2) is 0 Å². The Morgan fingerprint density at radius 3 is 1.01 bits per heavy atom. The molecule has 0 bridgehead atoms. The van der Waals surface area contributed by atoms with Gasteiger partial charge in [-0.15, -0.1) is 36.0 Å². The van der Waals surface area contributed by atoms with Gasteiger partial charge < -0.3 is 48.8 Å². The molecule has 2 aliphatic rings. The number of methoxy groups -OCH3 is 2. The van der Waals surface area contributed by atoms with Crippen molar-refractivity contribution in [2.24, 2.45) is 0 Å². The number of piperidine rings is 2. The van der Waals surface area contributed by atoms with Crippen LogP contribution in [-0.4, -0.2) is 133 Å². The SMILES string of the molecule is C#CC(O)C[C@H]1C[C@@H](N(Cc2cc(C(F)(F)F)cc(C(F)(F)F)c2)C(=O)OC)C[C@@H](CC)N1C(=O)OC(C)(C)C.C#CC(O)C[C@H]1C[C@@H](N(Cc2cc(C(F)(F)F)cc(C(F)(F)F)c2)C(=O)OC)C[C@@H](CC)N1C(=O)OC(C)(C)C.ClCCl. The number of aliphatic hydroxyl groups excluding tert-OH is 2. The minimum Gasteiger partial charge on any atom is -0.453 e. The number of carbonyl (C=O) groups is 4. The summed E-state index contributed by atoms with van der Waals surface area (Å²) >= 11 is 9.53. The number of amides is 4. The highest BCUT2D eigenvalue weighted by atomic mass is 35.5. The standard InChI is InChI=1S/2C27H34F6N2O5.CH2Cl2/c2*1-7-19-12-20(13-21(14-22(36)8-2)35(19)24(38)40-25(3,4)5)34(23(37)39-6)15-16-9-17(26(28,29)30)11-18(10-16)27(31,32)33;2-1-3/h2*2,9-11,19-22,36H,7,12-15H2,1,3-6H3;1H2/t2*19-,20+,21-,22?;/m11./s1. The molecular formula is C55H70Cl2F12N4O10. The van der Waals surface area contributed by atoms with Crippen LogP contribution in [0.4, 0.5) is 71.9 Å². The van der Waals surface area contributed by atoms with Crippen molar-refractivity contribution in [3.05, 3.63) is 69.8 Å². The summed E-state index contributed by atoms with van der Waals surface area (Å²) in [4.78, 5) is 56.9. The molecule has 4 rings (SSSR count). The molecule has 28 heteroatoms. The van der Waals surface area contributed by atoms with E-state index in [0.717, 1.165) is 24.0 Å². The van der Waals surface area contributed by atoms with Crippen LogP contribution in [0, 0.1) is 24.7 Å². The van der Waals surface area contributed by atoms with Crippen LogP contribution >= 0.6 is 23.2 Å². The van der Waals surface area contributed by atoms with Gasteiger partial charge in [-0.3, -0.25) is 0 Å². The number of aliphatic hydroxyl groups is 2. The summed E-state index contributed by atoms with van der Waals surface area (Å²) in [5.74, 6) is 4.34. The third-order valence-corrected chi connectivity index (χ3v) is 13.0. The molecule has 2 aliphatic heterocycles. The normalized spacial score (nSPS) is 20.3. The summed E-state index contributed by atoms with van der Waals surface area (Å²) in [5, 5.41) is 20.6. The number of hydrogen-bond donors (Lipinski definition) is 2. The van der Waals surface area contributed by atoms with Crippen LogP contribution in [0.25, 0.3) is 0 Å². The maximum atomic E-state index is 13.4. The Kier molecular flexibility index (Phi) is 26.9. The Morgan fingerprint density at radius 2 is 0.807 bits per heavy atom. The van der Waals surface area contributed by atoms with Crippen molar-refractivity contribution in [3.8, 4) is 24.7 Å². The molecule has 0 aromatic heterocycles. The van der Waals surface area contributed by atoms with E-state index in [9.17, 15) is 82.1 Å². The molecule has 8 atom stereocenters. The number of terminal acetylenes is 2. The van der Waals surface area contributed by atoms with Crippen molar-refractivity contribution >= 4 is 47.6 Å². The van der Waals surface area contributed by atoms with Crippen LogP contribution in [0.3, 0.4) is 0 Å². The van der Waals surface area contributed by atoms with Crippen molar-refractivity contribution < 1.29 is 101 Å². The third kappa shape index (κ3) is 22.7. The van der Waals surface area contributed by atoms with Crippen LogP contribution < -0.4 is 0 Å². The van der Waals surface area contributed by atoms with Crippen molar-refractivity contribution in [2.75, 3.05) is 19.6 Å². The Labute approximate surface area is 485 Å². The number of alkyl halides is 14. The fraction of sp³-hybridized carbons (Fsp3) is 0.636. The van der Waals surface area contributed by atoms with E-state index in [1.165, 1.54) is 9.80 Å². The van der Waals surface area contributed by atoms with Gasteiger partial charge in [0.2, 0.25) is 0 Å². The number of hydrogen-bond acceptors (Lipinski definition) is 10. The van der Waals surface area contributed by atoms with Crippen LogP contribution in [0.5, 0.6) is 0 Å². The predicted molar refractivity (Wildman–Crippen MR) is 282 cm³/mol. The second-order valence-corrected chi connectivity index (χ2v) is 22.2. The molecule has 0 radical (unpaired) electrons. The fourth-order valence-electron chi connectivity index (χ4n) is 9.57. The number of nitrogens with zero attached hydrogens (tertiary/aromatic N) is 4. The number of benzene rings is 2. The Balaban J connectivity index is 0.000000541. The highest BCUT2D eigenvalue weighted by Gasteiger charge is 2.46. The third-order valence-electron chi connectivity index (χ3n) is 13.0. The van der Waals surface area contributed by atoms with Gasteiger partial charge >= 0.3 is 49.1 Å². The Hall–Kier alpha value is -5.70. The molecule has 2 N–H and O–H groups in total. The number of rotatable bonds is 12. The van der Waals surface area contributed by atoms with Gasteiger partial charge in [0, 0.05) is 62.2 Å². The molecular weight excluding hydrogens is 1180 g/mol. The summed E-state index contributed by atoms with van der Waals surface area (Å²) in [7, 11) is 2.07. The van der Waals surface area contributed by atoms with Crippen LogP contribution in [0.2, 0.25) is 0 Å². The molecule has 2 heterocycles. The quantitative estimate of drug-likeness (QED) is 0.0907. The Morgan fingerprint density at radius 1 is 0.554 bits per heavy atom. The van der Waals surface area contributed by atoms with E-state index < -0.39 is 155 Å². The van der Waals surface area contributed by atoms with Gasteiger partial charge in [-0.25, -0.2) is 19.2 Å². The maximum absolute atomic E-state index is 13.4. The molecule has 2 unspecified atom stereocenters. The second kappa shape index (κ2) is 30.4. The minimum absolute atomic E-state index is 0.00860. The molecule has 83 heavy (non-hydrogen) atoms. The number of ether oxygens (including phenoxy) is 4. The topological polar surface area (TPSA) is 159 Å². The van der Waals surface area contributed by atoms with Crippen LogP contribution in [0.15, 0.2) is 36.4 Å². The molecule has 2 aromatic carbocycles. The van der Waals surface area contributed by atoms with Crippen molar-refractivity contribution in [2.45, 2.75) is 204 Å². The van der Waals surface area contributed by atoms with E-state index in [1.54, 1.807) is 55.4 Å². The lowest BCUT2D eigenvalue weighted by molar-refractivity contribution is -0.144. The first-order valence-electron chi connectivity index (χ1n) is 25.7. The molecule has 14 nitrogen and oxygen atoms in total. The molecule has 0 saturated carbocycles. The summed E-state index contributed by atoms with van der Waals surface area (Å²) in [6.07, 6.45) is -14.6. The smallest absolute Gasteiger partial charge is 0.416 e. The summed E-state index contributed by atoms with van der Waals surface area (Å²) in [6, 6.07) is -1.96. The predicted octanol–water partition coefficient (Wildman–Crippen LogP) is 13.9. The minimum atomic E-state index is -5.06. The average Bonchev–Trinajstić information content (AvgIpc) is 3.53. The maximum Gasteiger partial charge on any atom is 0.416 e. The molecule has 0 aliphatic carbocycles. The first-order chi connectivity index (χ1) is 38.0. The van der Waals surface area contributed by atoms with Crippen LogP contribution in [0.1, 0.15) is 140 Å². The van der Waals surface area contributed by atoms with Crippen molar-refractivity contribution in [1.29, 1.82) is 0 Å². The lowest BCUT2D eigenvalue weighted by Gasteiger charge is -2.48. The van der Waals surface area contributed by atoms with E-state index in [0.29, 0.717) is 37.1 Å². The lowest BCUT2D eigenvalue weighted by atomic mass is 9.86. The summed E-state index contributed by atoms with van der Waals surface area (Å²) in [6.45, 7) is 12.3. The van der Waals surface area contributed by atoms with Crippen molar-refractivity contribution in [3.63, 3.8) is 0 Å². The number of halogens is 14. The highest BCUT2D eigenvalue weighted by Crippen LogP contribution is 2.41. The van der Waals surface area contributed by atoms with E-state index in [1.807, 2.05) is 0 Å². The molecule has 2 aromatic rings. The van der Waals surface area contributed by atoms with Gasteiger partial charge in [-0.1, -0.05) is 25.7 Å². The van der Waals surface area contributed by atoms with Gasteiger partial charge in [0.25, 0.3) is 0 Å². The molecule has 2 fully saturated rings. The van der Waals surface area contributed by atoms with Crippen molar-refractivity contribution in [1.82, 2.24) is 19.6 Å². The van der Waals surface area contributed by atoms with E-state index in [4.69, 9.17) is 55.0 Å². The summed E-state index contributed by atoms with van der Waals surface area (Å²) < 4.78 is 182. The van der Waals surface area contributed by atoms with E-state index >= 15 is 0 Å². The molecule has 4 amide bonds. The fourth-order valence-corrected chi connectivity index (χ4v) is 9.57. The first-order valence-corrected chi connectivity index (χ1v) is 26.8. The van der Waals surface area contributed by atoms with Gasteiger partial charge in [-0.05, 0) is 128 Å². The Bertz CT molecular complexity index is 2320. The van der Waals surface area contributed by atoms with Crippen LogP contribution in [-0.2, 0) is 56.7 Å². The number of likely N-dealkylation sites (tertiary alicyclic amines) is 2. The number of carbonyl (C=O) groups excluding carboxylic acids is 4. The zero-order valence-electron chi connectivity index (χ0n) is 47.3. The lowest BCUT2D eigenvalue weighted by Crippen LogP contribution is -2.58. The monoisotopic (exact) mass is 1240 g/mol. The zero-order chi connectivity index (χ0) is 64.0. The highest BCUT2D eigenvalue weighted by molar-refractivity contribution is 6.40.